The van der Waals surface area contributed by atoms with Crippen molar-refractivity contribution in [1.82, 2.24) is 20.4 Å². The number of rotatable bonds is 8. The molecule has 1 aliphatic rings. The largest absolute Gasteiger partial charge is 0.355 e. The summed E-state index contributed by atoms with van der Waals surface area (Å²) in [5.41, 5.74) is 1.37. The number of aliphatic imine (C=N–C) groups is 1. The van der Waals surface area contributed by atoms with E-state index in [0.29, 0.717) is 6.04 Å². The van der Waals surface area contributed by atoms with Crippen molar-refractivity contribution in [1.29, 1.82) is 0 Å². The lowest BCUT2D eigenvalue weighted by Gasteiger charge is -2.33. The monoisotopic (exact) mass is 547 g/mol. The quantitative estimate of drug-likeness (QED) is 0.298. The summed E-state index contributed by atoms with van der Waals surface area (Å²) in [4.78, 5) is 20.6. The number of carbonyl (C=O) groups excluding carboxylic acids is 1. The SMILES string of the molecule is CSC(C)(C)CNC(=NCC(=O)N(C)C)NC1CCN(Cc2ccccc2)CC1.I. The van der Waals surface area contributed by atoms with E-state index in [2.05, 4.69) is 71.0 Å². The summed E-state index contributed by atoms with van der Waals surface area (Å²) in [6.07, 6.45) is 4.26. The standard InChI is InChI=1S/C22H37N5OS.HI/c1-22(2,29-5)17-24-21(23-15-20(28)26(3)4)25-19-11-13-27(14-12-19)16-18-9-7-6-8-10-18;/h6-10,19H,11-17H2,1-5H3,(H2,23,24,25);1H. The number of nitrogens with zero attached hydrogens (tertiary/aromatic N) is 3. The van der Waals surface area contributed by atoms with E-state index in [9.17, 15) is 4.79 Å². The number of hydrogen-bond donors (Lipinski definition) is 2. The number of likely N-dealkylation sites (N-methyl/N-ethyl adjacent to an activating group) is 1. The molecule has 0 aliphatic carbocycles. The van der Waals surface area contributed by atoms with Crippen LogP contribution in [-0.4, -0.2) is 79.0 Å². The second-order valence-electron chi connectivity index (χ2n) is 8.45. The topological polar surface area (TPSA) is 60.0 Å². The summed E-state index contributed by atoms with van der Waals surface area (Å²) >= 11 is 1.82. The van der Waals surface area contributed by atoms with Crippen LogP contribution in [0.1, 0.15) is 32.3 Å². The fraction of sp³-hybridized carbons (Fsp3) is 0.636. The Labute approximate surface area is 203 Å². The molecule has 0 aromatic heterocycles. The van der Waals surface area contributed by atoms with Crippen molar-refractivity contribution in [2.45, 2.75) is 44.0 Å². The third kappa shape index (κ3) is 9.87. The van der Waals surface area contributed by atoms with Gasteiger partial charge in [0.15, 0.2) is 5.96 Å². The second-order valence-corrected chi connectivity index (χ2v) is 9.96. The molecule has 170 valence electrons. The van der Waals surface area contributed by atoms with Gasteiger partial charge in [-0.05, 0) is 38.5 Å². The Morgan fingerprint density at radius 1 is 1.23 bits per heavy atom. The minimum Gasteiger partial charge on any atom is -0.355 e. The highest BCUT2D eigenvalue weighted by molar-refractivity contribution is 14.0. The Hall–Kier alpha value is -1.000. The normalized spacial score (nSPS) is 16.0. The van der Waals surface area contributed by atoms with Gasteiger partial charge in [0, 0.05) is 51.1 Å². The third-order valence-electron chi connectivity index (χ3n) is 5.28. The average molecular weight is 548 g/mol. The molecule has 2 N–H and O–H groups in total. The predicted octanol–water partition coefficient (Wildman–Crippen LogP) is 3.03. The minimum atomic E-state index is 0. The first-order chi connectivity index (χ1) is 13.8. The van der Waals surface area contributed by atoms with E-state index in [1.807, 2.05) is 11.8 Å². The maximum atomic E-state index is 12.0. The molecule has 30 heavy (non-hydrogen) atoms. The molecule has 1 heterocycles. The Morgan fingerprint density at radius 2 is 1.87 bits per heavy atom. The van der Waals surface area contributed by atoms with Gasteiger partial charge in [-0.25, -0.2) is 4.99 Å². The zero-order valence-corrected chi connectivity index (χ0v) is 22.1. The Balaban J connectivity index is 0.00000450. The van der Waals surface area contributed by atoms with Gasteiger partial charge >= 0.3 is 0 Å². The van der Waals surface area contributed by atoms with E-state index in [0.717, 1.165) is 45.0 Å². The number of carbonyl (C=O) groups is 1. The number of amides is 1. The molecule has 1 fully saturated rings. The number of likely N-dealkylation sites (tertiary alicyclic amines) is 1. The molecule has 0 atom stereocenters. The summed E-state index contributed by atoms with van der Waals surface area (Å²) in [6.45, 7) is 8.49. The fourth-order valence-electron chi connectivity index (χ4n) is 3.08. The van der Waals surface area contributed by atoms with Crippen molar-refractivity contribution >= 4 is 47.6 Å². The van der Waals surface area contributed by atoms with Crippen LogP contribution in [0.2, 0.25) is 0 Å². The van der Waals surface area contributed by atoms with E-state index in [-0.39, 0.29) is 41.2 Å². The fourth-order valence-corrected chi connectivity index (χ4v) is 3.30. The summed E-state index contributed by atoms with van der Waals surface area (Å²) < 4.78 is 0.104. The van der Waals surface area contributed by atoms with Gasteiger partial charge in [0.05, 0.1) is 0 Å². The lowest BCUT2D eigenvalue weighted by Crippen LogP contribution is -2.50. The van der Waals surface area contributed by atoms with Crippen molar-refractivity contribution in [3.05, 3.63) is 35.9 Å². The molecule has 1 amide bonds. The Kier molecular flexibility index (Phi) is 12.1. The van der Waals surface area contributed by atoms with Crippen LogP contribution in [0.25, 0.3) is 0 Å². The Morgan fingerprint density at radius 3 is 2.43 bits per heavy atom. The van der Waals surface area contributed by atoms with E-state index in [4.69, 9.17) is 0 Å². The van der Waals surface area contributed by atoms with Crippen LogP contribution in [0, 0.1) is 0 Å². The minimum absolute atomic E-state index is 0. The van der Waals surface area contributed by atoms with Gasteiger partial charge in [-0.1, -0.05) is 30.3 Å². The molecule has 0 bridgehead atoms. The van der Waals surface area contributed by atoms with Gasteiger partial charge in [-0.3, -0.25) is 9.69 Å². The maximum Gasteiger partial charge on any atom is 0.243 e. The van der Waals surface area contributed by atoms with Crippen LogP contribution in [-0.2, 0) is 11.3 Å². The molecule has 1 aromatic rings. The highest BCUT2D eigenvalue weighted by Gasteiger charge is 2.22. The van der Waals surface area contributed by atoms with Gasteiger partial charge in [-0.2, -0.15) is 11.8 Å². The van der Waals surface area contributed by atoms with Crippen LogP contribution in [0.3, 0.4) is 0 Å². The summed E-state index contributed by atoms with van der Waals surface area (Å²) in [6, 6.07) is 11.0. The van der Waals surface area contributed by atoms with Gasteiger partial charge in [0.2, 0.25) is 5.91 Å². The maximum absolute atomic E-state index is 12.0. The molecule has 0 unspecified atom stereocenters. The van der Waals surface area contributed by atoms with E-state index in [1.54, 1.807) is 19.0 Å². The van der Waals surface area contributed by atoms with Crippen LogP contribution >= 0.6 is 35.7 Å². The van der Waals surface area contributed by atoms with Crippen molar-refractivity contribution < 1.29 is 4.79 Å². The molecular formula is C22H38IN5OS. The molecular weight excluding hydrogens is 509 g/mol. The van der Waals surface area contributed by atoms with Gasteiger partial charge in [0.1, 0.15) is 6.54 Å². The molecule has 1 aliphatic heterocycles. The molecule has 0 spiro atoms. The first kappa shape index (κ1) is 27.0. The molecule has 8 heteroatoms. The summed E-state index contributed by atoms with van der Waals surface area (Å²) in [5.74, 6) is 0.747. The number of hydrogen-bond acceptors (Lipinski definition) is 4. The Bertz CT molecular complexity index is 661. The zero-order valence-electron chi connectivity index (χ0n) is 19.0. The van der Waals surface area contributed by atoms with E-state index >= 15 is 0 Å². The van der Waals surface area contributed by atoms with Crippen molar-refractivity contribution in [2.24, 2.45) is 4.99 Å². The molecule has 0 saturated carbocycles. The number of thioether (sulfide) groups is 1. The molecule has 1 aromatic carbocycles. The third-order valence-corrected chi connectivity index (χ3v) is 6.53. The number of benzene rings is 1. The molecule has 2 rings (SSSR count). The van der Waals surface area contributed by atoms with Crippen LogP contribution in [0.15, 0.2) is 35.3 Å². The second kappa shape index (κ2) is 13.4. The highest BCUT2D eigenvalue weighted by atomic mass is 127. The van der Waals surface area contributed by atoms with Crippen LogP contribution < -0.4 is 10.6 Å². The smallest absolute Gasteiger partial charge is 0.243 e. The average Bonchev–Trinajstić information content (AvgIpc) is 2.71. The lowest BCUT2D eigenvalue weighted by molar-refractivity contribution is -0.127. The number of guanidine groups is 1. The number of nitrogens with one attached hydrogen (secondary N) is 2. The van der Waals surface area contributed by atoms with Gasteiger partial charge in [0.25, 0.3) is 0 Å². The van der Waals surface area contributed by atoms with Gasteiger partial charge < -0.3 is 15.5 Å². The molecule has 1 saturated heterocycles. The number of halogens is 1. The molecule has 6 nitrogen and oxygen atoms in total. The zero-order chi connectivity index (χ0) is 21.3. The predicted molar refractivity (Wildman–Crippen MR) is 140 cm³/mol. The van der Waals surface area contributed by atoms with Crippen molar-refractivity contribution in [3.63, 3.8) is 0 Å². The van der Waals surface area contributed by atoms with Crippen molar-refractivity contribution in [3.8, 4) is 0 Å². The van der Waals surface area contributed by atoms with E-state index < -0.39 is 0 Å². The van der Waals surface area contributed by atoms with E-state index in [1.165, 1.54) is 5.56 Å². The summed E-state index contributed by atoms with van der Waals surface area (Å²) in [7, 11) is 3.52. The number of piperidine rings is 1. The summed E-state index contributed by atoms with van der Waals surface area (Å²) in [5, 5.41) is 7.00. The van der Waals surface area contributed by atoms with Gasteiger partial charge in [-0.15, -0.1) is 24.0 Å². The molecule has 0 radical (unpaired) electrons. The first-order valence-corrected chi connectivity index (χ1v) is 11.6. The highest BCUT2D eigenvalue weighted by Crippen LogP contribution is 2.19. The van der Waals surface area contributed by atoms with Crippen LogP contribution in [0.5, 0.6) is 0 Å². The van der Waals surface area contributed by atoms with Crippen molar-refractivity contribution in [2.75, 3.05) is 46.5 Å². The first-order valence-electron chi connectivity index (χ1n) is 10.4. The lowest BCUT2D eigenvalue weighted by atomic mass is 10.0. The van der Waals surface area contributed by atoms with Crippen LogP contribution in [0.4, 0.5) is 0 Å².